The van der Waals surface area contributed by atoms with Gasteiger partial charge in [0.15, 0.2) is 17.5 Å². The van der Waals surface area contributed by atoms with Crippen LogP contribution < -0.4 is 5.73 Å². The van der Waals surface area contributed by atoms with E-state index < -0.39 is 17.3 Å². The second kappa shape index (κ2) is 6.69. The van der Waals surface area contributed by atoms with Gasteiger partial charge in [0.25, 0.3) is 0 Å². The molecule has 0 radical (unpaired) electrons. The van der Waals surface area contributed by atoms with Crippen LogP contribution in [-0.4, -0.2) is 30.2 Å². The zero-order valence-electron chi connectivity index (χ0n) is 13.5. The summed E-state index contributed by atoms with van der Waals surface area (Å²) in [5, 5.41) is 10.8. The van der Waals surface area contributed by atoms with Crippen molar-refractivity contribution in [1.29, 1.82) is 0 Å². The fraction of sp³-hybridized carbons (Fsp3) is 0. The molecular weight excluding hydrogens is 376 g/mol. The standard InChI is InChI=1S/C17H10ClF2N7/c18-12-3-4-13(19)15(14(12)20)27-17(24-25-26-27)11-6-10(8-23-16(11)21)9-2-1-5-22-7-9/h1-8H,(H2,21,23). The van der Waals surface area contributed by atoms with Crippen LogP contribution in [-0.2, 0) is 0 Å². The van der Waals surface area contributed by atoms with Crippen molar-refractivity contribution in [3.63, 3.8) is 0 Å². The summed E-state index contributed by atoms with van der Waals surface area (Å²) in [4.78, 5) is 8.19. The third-order valence-electron chi connectivity index (χ3n) is 3.86. The van der Waals surface area contributed by atoms with Crippen LogP contribution in [0.2, 0.25) is 5.02 Å². The molecule has 1 aromatic carbocycles. The van der Waals surface area contributed by atoms with Gasteiger partial charge in [0.05, 0.1) is 10.6 Å². The smallest absolute Gasteiger partial charge is 0.191 e. The SMILES string of the molecule is Nc1ncc(-c2cccnc2)cc1-c1nnnn1-c1c(F)ccc(Cl)c1F. The Balaban J connectivity index is 1.91. The van der Waals surface area contributed by atoms with E-state index in [1.54, 1.807) is 30.7 Å². The summed E-state index contributed by atoms with van der Waals surface area (Å²) in [6.45, 7) is 0. The van der Waals surface area contributed by atoms with E-state index in [2.05, 4.69) is 25.5 Å². The first-order chi connectivity index (χ1) is 13.1. The maximum Gasteiger partial charge on any atom is 0.191 e. The average molecular weight is 386 g/mol. The van der Waals surface area contributed by atoms with E-state index in [4.69, 9.17) is 17.3 Å². The molecule has 3 heterocycles. The number of hydrogen-bond acceptors (Lipinski definition) is 6. The van der Waals surface area contributed by atoms with E-state index in [0.717, 1.165) is 22.4 Å². The van der Waals surface area contributed by atoms with Crippen LogP contribution in [0.25, 0.3) is 28.2 Å². The van der Waals surface area contributed by atoms with Crippen LogP contribution in [0, 0.1) is 11.6 Å². The largest absolute Gasteiger partial charge is 0.383 e. The molecule has 0 saturated heterocycles. The van der Waals surface area contributed by atoms with Crippen LogP contribution in [0.3, 0.4) is 0 Å². The van der Waals surface area contributed by atoms with Gasteiger partial charge in [-0.2, -0.15) is 4.68 Å². The van der Waals surface area contributed by atoms with E-state index in [0.29, 0.717) is 11.1 Å². The predicted molar refractivity (Wildman–Crippen MR) is 95.0 cm³/mol. The van der Waals surface area contributed by atoms with Crippen molar-refractivity contribution in [1.82, 2.24) is 30.2 Å². The summed E-state index contributed by atoms with van der Waals surface area (Å²) in [5.41, 5.74) is 7.23. The maximum absolute atomic E-state index is 14.4. The predicted octanol–water partition coefficient (Wildman–Crippen LogP) is 3.30. The Kier molecular flexibility index (Phi) is 4.21. The first-order valence-corrected chi connectivity index (χ1v) is 8.02. The second-order valence-electron chi connectivity index (χ2n) is 5.50. The van der Waals surface area contributed by atoms with Crippen LogP contribution in [0.4, 0.5) is 14.6 Å². The van der Waals surface area contributed by atoms with Gasteiger partial charge in [0.2, 0.25) is 0 Å². The molecule has 0 atom stereocenters. The lowest BCUT2D eigenvalue weighted by Crippen LogP contribution is -2.07. The Hall–Kier alpha value is -3.46. The summed E-state index contributed by atoms with van der Waals surface area (Å²) in [6, 6.07) is 7.41. The molecule has 134 valence electrons. The summed E-state index contributed by atoms with van der Waals surface area (Å²) in [6.07, 6.45) is 4.85. The summed E-state index contributed by atoms with van der Waals surface area (Å²) in [5.74, 6) is -1.74. The van der Waals surface area contributed by atoms with Crippen molar-refractivity contribution in [2.24, 2.45) is 0 Å². The molecule has 0 amide bonds. The van der Waals surface area contributed by atoms with Gasteiger partial charge >= 0.3 is 0 Å². The molecule has 0 spiro atoms. The Labute approximate surface area is 156 Å². The molecule has 0 aliphatic carbocycles. The second-order valence-corrected chi connectivity index (χ2v) is 5.91. The molecule has 0 aliphatic heterocycles. The number of halogens is 3. The minimum absolute atomic E-state index is 0.0193. The van der Waals surface area contributed by atoms with Crippen LogP contribution in [0.1, 0.15) is 0 Å². The molecule has 27 heavy (non-hydrogen) atoms. The fourth-order valence-corrected chi connectivity index (χ4v) is 2.71. The number of benzene rings is 1. The van der Waals surface area contributed by atoms with Gasteiger partial charge in [-0.05, 0) is 34.7 Å². The molecule has 0 aliphatic rings. The highest BCUT2D eigenvalue weighted by Crippen LogP contribution is 2.31. The number of nitrogens with two attached hydrogens (primary N) is 1. The number of nitrogen functional groups attached to an aromatic ring is 1. The van der Waals surface area contributed by atoms with E-state index in [1.807, 2.05) is 6.07 Å². The van der Waals surface area contributed by atoms with Gasteiger partial charge in [-0.25, -0.2) is 13.8 Å². The Bertz CT molecular complexity index is 1130. The normalized spacial score (nSPS) is 10.9. The van der Waals surface area contributed by atoms with E-state index >= 15 is 0 Å². The Morgan fingerprint density at radius 1 is 1.07 bits per heavy atom. The molecule has 0 bridgehead atoms. The highest BCUT2D eigenvalue weighted by molar-refractivity contribution is 6.30. The molecule has 10 heteroatoms. The molecule has 4 rings (SSSR count). The van der Waals surface area contributed by atoms with Crippen LogP contribution in [0.5, 0.6) is 0 Å². The average Bonchev–Trinajstić information content (AvgIpc) is 3.15. The van der Waals surface area contributed by atoms with E-state index in [9.17, 15) is 8.78 Å². The maximum atomic E-state index is 14.4. The van der Waals surface area contributed by atoms with Crippen LogP contribution >= 0.6 is 11.6 Å². The first kappa shape index (κ1) is 17.0. The van der Waals surface area contributed by atoms with Crippen LogP contribution in [0.15, 0.2) is 48.9 Å². The number of tetrazole rings is 1. The summed E-state index contributed by atoms with van der Waals surface area (Å²) in [7, 11) is 0. The van der Waals surface area contributed by atoms with Gasteiger partial charge in [-0.15, -0.1) is 5.10 Å². The molecule has 4 aromatic rings. The molecule has 3 aromatic heterocycles. The van der Waals surface area contributed by atoms with Crippen molar-refractivity contribution < 1.29 is 8.78 Å². The quantitative estimate of drug-likeness (QED) is 0.544. The van der Waals surface area contributed by atoms with Gasteiger partial charge in [-0.1, -0.05) is 17.7 Å². The van der Waals surface area contributed by atoms with Gasteiger partial charge in [0.1, 0.15) is 11.5 Å². The first-order valence-electron chi connectivity index (χ1n) is 7.65. The van der Waals surface area contributed by atoms with Crippen molar-refractivity contribution in [3.05, 3.63) is 65.6 Å². The number of anilines is 1. The third-order valence-corrected chi connectivity index (χ3v) is 4.15. The Morgan fingerprint density at radius 2 is 1.93 bits per heavy atom. The van der Waals surface area contributed by atoms with Gasteiger partial charge in [0, 0.05) is 29.7 Å². The van der Waals surface area contributed by atoms with Crippen molar-refractivity contribution in [2.45, 2.75) is 0 Å². The topological polar surface area (TPSA) is 95.4 Å². The van der Waals surface area contributed by atoms with Gasteiger partial charge in [-0.3, -0.25) is 4.98 Å². The summed E-state index contributed by atoms with van der Waals surface area (Å²) < 4.78 is 29.6. The molecule has 0 fully saturated rings. The van der Waals surface area contributed by atoms with Crippen molar-refractivity contribution in [3.8, 4) is 28.2 Å². The highest BCUT2D eigenvalue weighted by Gasteiger charge is 2.22. The fourth-order valence-electron chi connectivity index (χ4n) is 2.56. The third kappa shape index (κ3) is 2.97. The van der Waals surface area contributed by atoms with Gasteiger partial charge < -0.3 is 5.73 Å². The number of pyridine rings is 2. The monoisotopic (exact) mass is 385 g/mol. The highest BCUT2D eigenvalue weighted by atomic mass is 35.5. The lowest BCUT2D eigenvalue weighted by molar-refractivity contribution is 0.557. The molecule has 2 N–H and O–H groups in total. The van der Waals surface area contributed by atoms with E-state index in [1.165, 1.54) is 0 Å². The minimum atomic E-state index is -0.986. The number of aromatic nitrogens is 6. The number of nitrogens with zero attached hydrogens (tertiary/aromatic N) is 6. The molecule has 0 unspecified atom stereocenters. The zero-order valence-corrected chi connectivity index (χ0v) is 14.3. The zero-order chi connectivity index (χ0) is 19.0. The number of rotatable bonds is 3. The molecular formula is C17H10ClF2N7. The lowest BCUT2D eigenvalue weighted by Gasteiger charge is -2.10. The Morgan fingerprint density at radius 3 is 2.70 bits per heavy atom. The van der Waals surface area contributed by atoms with Crippen molar-refractivity contribution >= 4 is 17.4 Å². The lowest BCUT2D eigenvalue weighted by atomic mass is 10.1. The van der Waals surface area contributed by atoms with Crippen molar-refractivity contribution in [2.75, 3.05) is 5.73 Å². The molecule has 0 saturated carbocycles. The van der Waals surface area contributed by atoms with E-state index in [-0.39, 0.29) is 16.7 Å². The minimum Gasteiger partial charge on any atom is -0.383 e. The number of hydrogen-bond donors (Lipinski definition) is 1. The molecule has 7 nitrogen and oxygen atoms in total. The summed E-state index contributed by atoms with van der Waals surface area (Å²) >= 11 is 5.77.